The lowest BCUT2D eigenvalue weighted by atomic mass is 10.1. The zero-order valence-corrected chi connectivity index (χ0v) is 16.1. The van der Waals surface area contributed by atoms with E-state index in [2.05, 4.69) is 20.2 Å². The quantitative estimate of drug-likeness (QED) is 0.549. The van der Waals surface area contributed by atoms with Gasteiger partial charge in [0.2, 0.25) is 14.9 Å². The van der Waals surface area contributed by atoms with Crippen LogP contribution in [0.2, 0.25) is 0 Å². The Bertz CT molecular complexity index is 1310. The summed E-state index contributed by atoms with van der Waals surface area (Å²) in [4.78, 5) is 7.67. The molecule has 1 saturated carbocycles. The maximum absolute atomic E-state index is 13.4. The maximum Gasteiger partial charge on any atom is 0.228 e. The van der Waals surface area contributed by atoms with Crippen LogP contribution < -0.4 is 5.73 Å². The van der Waals surface area contributed by atoms with Crippen LogP contribution in [0.1, 0.15) is 36.6 Å². The van der Waals surface area contributed by atoms with Gasteiger partial charge in [0.05, 0.1) is 10.4 Å². The molecule has 3 heterocycles. The van der Waals surface area contributed by atoms with Gasteiger partial charge in [-0.25, -0.2) is 13.4 Å². The molecule has 1 fully saturated rings. The molecule has 1 aliphatic carbocycles. The first-order valence-electron chi connectivity index (χ1n) is 9.25. The van der Waals surface area contributed by atoms with Crippen LogP contribution in [0, 0.1) is 6.92 Å². The minimum atomic E-state index is -3.87. The molecule has 1 aliphatic rings. The summed E-state index contributed by atoms with van der Waals surface area (Å²) in [6.45, 7) is 1.77. The van der Waals surface area contributed by atoms with Crippen LogP contribution in [0.15, 0.2) is 46.5 Å². The molecule has 144 valence electrons. The van der Waals surface area contributed by atoms with E-state index in [0.717, 1.165) is 30.6 Å². The topological polar surface area (TPSA) is 119 Å². The molecule has 1 aromatic carbocycles. The number of nitrogens with one attached hydrogen (secondary N) is 1. The van der Waals surface area contributed by atoms with Crippen molar-refractivity contribution in [1.82, 2.24) is 24.6 Å². The number of aromatic amines is 1. The van der Waals surface area contributed by atoms with Crippen molar-refractivity contribution < 1.29 is 8.42 Å². The lowest BCUT2D eigenvalue weighted by molar-refractivity contribution is 0.592. The van der Waals surface area contributed by atoms with Crippen LogP contribution in [0.4, 0.5) is 0 Å². The number of sulfone groups is 1. The lowest BCUT2D eigenvalue weighted by Crippen LogP contribution is -2.15. The number of H-pyrrole nitrogens is 1. The smallest absolute Gasteiger partial charge is 0.228 e. The third-order valence-electron chi connectivity index (χ3n) is 5.51. The molecule has 0 spiro atoms. The van der Waals surface area contributed by atoms with E-state index in [1.54, 1.807) is 31.3 Å². The zero-order chi connectivity index (χ0) is 19.5. The highest BCUT2D eigenvalue weighted by Gasteiger charge is 2.32. The summed E-state index contributed by atoms with van der Waals surface area (Å²) >= 11 is 0. The van der Waals surface area contributed by atoms with Gasteiger partial charge in [0.1, 0.15) is 5.82 Å². The van der Waals surface area contributed by atoms with Gasteiger partial charge in [-0.15, -0.1) is 10.2 Å². The molecular weight excluding hydrogens is 376 g/mol. The van der Waals surface area contributed by atoms with E-state index in [4.69, 9.17) is 5.73 Å². The Morgan fingerprint density at radius 3 is 2.75 bits per heavy atom. The fraction of sp³-hybridized carbons (Fsp3) is 0.316. The number of benzene rings is 1. The lowest BCUT2D eigenvalue weighted by Gasteiger charge is -2.11. The second-order valence-corrected chi connectivity index (χ2v) is 9.22. The van der Waals surface area contributed by atoms with Crippen molar-refractivity contribution in [1.29, 1.82) is 0 Å². The Morgan fingerprint density at radius 1 is 1.18 bits per heavy atom. The molecule has 9 heteroatoms. The molecular formula is C19H20N6O2S. The van der Waals surface area contributed by atoms with Gasteiger partial charge in [-0.2, -0.15) is 0 Å². The second-order valence-electron chi connectivity index (χ2n) is 7.38. The number of fused-ring (bicyclic) bond motifs is 3. The van der Waals surface area contributed by atoms with Crippen molar-refractivity contribution in [2.45, 2.75) is 48.1 Å². The third kappa shape index (κ3) is 2.46. The normalized spacial score (nSPS) is 20.4. The Balaban J connectivity index is 1.81. The van der Waals surface area contributed by atoms with Gasteiger partial charge in [-0.05, 0) is 43.9 Å². The van der Waals surface area contributed by atoms with Crippen molar-refractivity contribution in [3.05, 3.63) is 47.9 Å². The van der Waals surface area contributed by atoms with Crippen molar-refractivity contribution in [3.63, 3.8) is 0 Å². The fourth-order valence-corrected chi connectivity index (χ4v) is 5.65. The average Bonchev–Trinajstić information content (AvgIpc) is 3.39. The van der Waals surface area contributed by atoms with Crippen LogP contribution in [-0.4, -0.2) is 39.0 Å². The van der Waals surface area contributed by atoms with E-state index >= 15 is 0 Å². The van der Waals surface area contributed by atoms with Crippen molar-refractivity contribution in [2.24, 2.45) is 5.73 Å². The molecule has 28 heavy (non-hydrogen) atoms. The van der Waals surface area contributed by atoms with E-state index in [1.807, 2.05) is 16.5 Å². The Morgan fingerprint density at radius 2 is 2.00 bits per heavy atom. The number of rotatable bonds is 3. The van der Waals surface area contributed by atoms with E-state index in [-0.39, 0.29) is 27.5 Å². The van der Waals surface area contributed by atoms with Gasteiger partial charge >= 0.3 is 0 Å². The molecule has 0 bridgehead atoms. The van der Waals surface area contributed by atoms with E-state index in [9.17, 15) is 8.42 Å². The van der Waals surface area contributed by atoms with Crippen LogP contribution >= 0.6 is 0 Å². The molecule has 3 aromatic heterocycles. The Kier molecular flexibility index (Phi) is 3.78. The fourth-order valence-electron chi connectivity index (χ4n) is 4.10. The molecule has 0 radical (unpaired) electrons. The molecule has 0 unspecified atom stereocenters. The second kappa shape index (κ2) is 6.11. The van der Waals surface area contributed by atoms with Gasteiger partial charge in [-0.1, -0.05) is 18.2 Å². The van der Waals surface area contributed by atoms with Crippen molar-refractivity contribution in [2.75, 3.05) is 0 Å². The summed E-state index contributed by atoms with van der Waals surface area (Å²) < 4.78 is 28.7. The average molecular weight is 396 g/mol. The Labute approximate surface area is 161 Å². The highest BCUT2D eigenvalue weighted by atomic mass is 32.2. The SMILES string of the molecule is Cc1ccccc1S(=O)(=O)c1nc2[nH]ccc2n2c([C@@H]3CC[C@H](N)C3)nnc12. The van der Waals surface area contributed by atoms with Gasteiger partial charge < -0.3 is 10.7 Å². The predicted molar refractivity (Wildman–Crippen MR) is 104 cm³/mol. The van der Waals surface area contributed by atoms with Crippen LogP contribution in [0.3, 0.4) is 0 Å². The molecule has 0 saturated heterocycles. The standard InChI is InChI=1S/C19H20N6O2S/c1-11-4-2-3-5-15(11)28(26,27)19-18-24-23-17(12-6-7-13(20)10-12)25(18)14-8-9-21-16(14)22-19/h2-5,8-9,12-13,21H,6-7,10,20H2,1H3/t12-,13+/m1/s1. The van der Waals surface area contributed by atoms with Crippen molar-refractivity contribution >= 4 is 26.6 Å². The number of nitrogens with zero attached hydrogens (tertiary/aromatic N) is 4. The van der Waals surface area contributed by atoms with E-state index < -0.39 is 9.84 Å². The van der Waals surface area contributed by atoms with Gasteiger partial charge in [0.25, 0.3) is 0 Å². The van der Waals surface area contributed by atoms with Crippen LogP contribution in [-0.2, 0) is 9.84 Å². The first-order valence-corrected chi connectivity index (χ1v) is 10.7. The highest BCUT2D eigenvalue weighted by Crippen LogP contribution is 2.35. The monoisotopic (exact) mass is 396 g/mol. The predicted octanol–water partition coefficient (Wildman–Crippen LogP) is 2.34. The summed E-state index contributed by atoms with van der Waals surface area (Å²) in [6, 6.07) is 8.88. The molecule has 3 N–H and O–H groups in total. The largest absolute Gasteiger partial charge is 0.345 e. The number of aromatic nitrogens is 5. The highest BCUT2D eigenvalue weighted by molar-refractivity contribution is 7.91. The summed E-state index contributed by atoms with van der Waals surface area (Å²) in [5, 5.41) is 8.54. The number of aryl methyl sites for hydroxylation is 1. The first kappa shape index (κ1) is 17.3. The maximum atomic E-state index is 13.4. The van der Waals surface area contributed by atoms with Crippen molar-refractivity contribution in [3.8, 4) is 0 Å². The summed E-state index contributed by atoms with van der Waals surface area (Å²) in [7, 11) is -3.87. The summed E-state index contributed by atoms with van der Waals surface area (Å²) in [5.74, 6) is 0.899. The van der Waals surface area contributed by atoms with E-state index in [1.165, 1.54) is 0 Å². The number of hydrogen-bond donors (Lipinski definition) is 2. The third-order valence-corrected chi connectivity index (χ3v) is 7.33. The first-order chi connectivity index (χ1) is 13.5. The zero-order valence-electron chi connectivity index (χ0n) is 15.3. The van der Waals surface area contributed by atoms with Gasteiger partial charge in [0.15, 0.2) is 11.3 Å². The van der Waals surface area contributed by atoms with Crippen LogP contribution in [0.25, 0.3) is 16.8 Å². The molecule has 8 nitrogen and oxygen atoms in total. The van der Waals surface area contributed by atoms with Gasteiger partial charge in [-0.3, -0.25) is 4.40 Å². The van der Waals surface area contributed by atoms with Gasteiger partial charge in [0, 0.05) is 18.2 Å². The van der Waals surface area contributed by atoms with E-state index in [0.29, 0.717) is 11.2 Å². The minimum absolute atomic E-state index is 0.0854. The molecule has 0 aliphatic heterocycles. The van der Waals surface area contributed by atoms with Crippen LogP contribution in [0.5, 0.6) is 0 Å². The molecule has 4 aromatic rings. The minimum Gasteiger partial charge on any atom is -0.345 e. The molecule has 5 rings (SSSR count). The Hall–Kier alpha value is -2.78. The summed E-state index contributed by atoms with van der Waals surface area (Å²) in [5.41, 5.74) is 8.26. The number of hydrogen-bond acceptors (Lipinski definition) is 6. The molecule has 2 atom stereocenters. The molecule has 0 amide bonds. The summed E-state index contributed by atoms with van der Waals surface area (Å²) in [6.07, 6.45) is 4.39. The number of nitrogens with two attached hydrogens (primary N) is 1.